The van der Waals surface area contributed by atoms with Gasteiger partial charge in [-0.25, -0.2) is 4.98 Å². The molecule has 10 heteroatoms. The highest BCUT2D eigenvalue weighted by Gasteiger charge is 2.15. The van der Waals surface area contributed by atoms with E-state index in [1.165, 1.54) is 6.20 Å². The van der Waals surface area contributed by atoms with Gasteiger partial charge in [-0.3, -0.25) is 9.78 Å². The van der Waals surface area contributed by atoms with Crippen LogP contribution in [-0.4, -0.2) is 41.7 Å². The molecule has 0 aliphatic rings. The van der Waals surface area contributed by atoms with E-state index in [1.54, 1.807) is 45.5 Å². The molecule has 0 aliphatic heterocycles. The average molecular weight is 468 g/mol. The summed E-state index contributed by atoms with van der Waals surface area (Å²) in [5.41, 5.74) is 2.53. The topological polar surface area (TPSA) is 99.5 Å². The van der Waals surface area contributed by atoms with E-state index in [9.17, 15) is 4.79 Å². The number of methoxy groups -OCH3 is 2. The Morgan fingerprint density at radius 2 is 1.79 bits per heavy atom. The van der Waals surface area contributed by atoms with Crippen LogP contribution in [0.15, 0.2) is 48.7 Å². The highest BCUT2D eigenvalue weighted by atomic mass is 35.5. The molecule has 2 aromatic heterocycles. The van der Waals surface area contributed by atoms with Crippen LogP contribution in [0.2, 0.25) is 5.02 Å². The predicted octanol–water partition coefficient (Wildman–Crippen LogP) is 4.53. The zero-order chi connectivity index (χ0) is 23.5. The molecule has 4 rings (SSSR count). The number of imidazole rings is 1. The fraction of sp³-hybridized carbons (Fsp3) is 0.174. The third-order valence-corrected chi connectivity index (χ3v) is 5.29. The Morgan fingerprint density at radius 3 is 2.52 bits per heavy atom. The Morgan fingerprint density at radius 1 is 1.03 bits per heavy atom. The van der Waals surface area contributed by atoms with Crippen molar-refractivity contribution in [3.05, 3.63) is 59.4 Å². The molecule has 0 aliphatic carbocycles. The van der Waals surface area contributed by atoms with Crippen molar-refractivity contribution in [3.63, 3.8) is 0 Å². The fourth-order valence-electron chi connectivity index (χ4n) is 3.30. The lowest BCUT2D eigenvalue weighted by atomic mass is 10.2. The van der Waals surface area contributed by atoms with Crippen molar-refractivity contribution in [2.45, 2.75) is 0 Å². The first-order valence-electron chi connectivity index (χ1n) is 9.94. The number of hydrogen-bond acceptors (Lipinski definition) is 7. The Balaban J connectivity index is 1.63. The zero-order valence-corrected chi connectivity index (χ0v) is 19.2. The van der Waals surface area contributed by atoms with E-state index < -0.39 is 0 Å². The van der Waals surface area contributed by atoms with Crippen LogP contribution in [0.5, 0.6) is 23.0 Å². The molecule has 0 saturated heterocycles. The van der Waals surface area contributed by atoms with Crippen LogP contribution in [-0.2, 0) is 7.05 Å². The van der Waals surface area contributed by atoms with Crippen LogP contribution >= 0.6 is 11.6 Å². The zero-order valence-electron chi connectivity index (χ0n) is 18.5. The van der Waals surface area contributed by atoms with Crippen LogP contribution in [0.25, 0.3) is 11.0 Å². The number of carbonyl (C=O) groups is 1. The Bertz CT molecular complexity index is 1340. The van der Waals surface area contributed by atoms with Gasteiger partial charge >= 0.3 is 0 Å². The van der Waals surface area contributed by atoms with Gasteiger partial charge in [-0.05, 0) is 24.3 Å². The normalized spacial score (nSPS) is 10.7. The van der Waals surface area contributed by atoms with Gasteiger partial charge in [0.05, 0.1) is 36.0 Å². The molecule has 0 unspecified atom stereocenters. The van der Waals surface area contributed by atoms with Gasteiger partial charge in [0.15, 0.2) is 0 Å². The summed E-state index contributed by atoms with van der Waals surface area (Å²) in [5, 5.41) is 6.25. The molecule has 0 radical (unpaired) electrons. The van der Waals surface area contributed by atoms with Crippen molar-refractivity contribution in [3.8, 4) is 23.0 Å². The summed E-state index contributed by atoms with van der Waals surface area (Å²) in [5.74, 6) is 2.46. The van der Waals surface area contributed by atoms with Crippen molar-refractivity contribution in [1.29, 1.82) is 0 Å². The number of carbonyl (C=O) groups excluding carboxylic acids is 1. The maximum atomic E-state index is 11.8. The van der Waals surface area contributed by atoms with Crippen molar-refractivity contribution >= 4 is 40.2 Å². The number of hydrogen-bond donors (Lipinski definition) is 2. The van der Waals surface area contributed by atoms with Crippen LogP contribution in [0, 0.1) is 0 Å². The second kappa shape index (κ2) is 9.25. The van der Waals surface area contributed by atoms with Crippen LogP contribution in [0.3, 0.4) is 0 Å². The number of pyridine rings is 1. The molecular weight excluding hydrogens is 446 g/mol. The summed E-state index contributed by atoms with van der Waals surface area (Å²) in [6.45, 7) is 0. The molecule has 0 bridgehead atoms. The van der Waals surface area contributed by atoms with E-state index in [0.717, 1.165) is 11.0 Å². The molecule has 0 spiro atoms. The van der Waals surface area contributed by atoms with E-state index >= 15 is 0 Å². The summed E-state index contributed by atoms with van der Waals surface area (Å²) in [6.07, 6.45) is 1.52. The summed E-state index contributed by atoms with van der Waals surface area (Å²) < 4.78 is 18.5. The van der Waals surface area contributed by atoms with Gasteiger partial charge in [-0.15, -0.1) is 0 Å². The molecule has 9 nitrogen and oxygen atoms in total. The first kappa shape index (κ1) is 22.2. The van der Waals surface area contributed by atoms with E-state index in [1.807, 2.05) is 29.8 Å². The monoisotopic (exact) mass is 467 g/mol. The summed E-state index contributed by atoms with van der Waals surface area (Å²) >= 11 is 6.29. The van der Waals surface area contributed by atoms with Gasteiger partial charge in [0.1, 0.15) is 28.7 Å². The van der Waals surface area contributed by atoms with Crippen molar-refractivity contribution < 1.29 is 19.0 Å². The quantitative estimate of drug-likeness (QED) is 0.411. The molecule has 2 heterocycles. The first-order chi connectivity index (χ1) is 15.9. The smallest absolute Gasteiger partial charge is 0.269 e. The molecular formula is C23H22ClN5O4. The van der Waals surface area contributed by atoms with E-state index in [2.05, 4.69) is 20.6 Å². The van der Waals surface area contributed by atoms with Gasteiger partial charge in [0, 0.05) is 38.5 Å². The molecule has 4 aromatic rings. The van der Waals surface area contributed by atoms with Gasteiger partial charge in [0.25, 0.3) is 5.91 Å². The maximum absolute atomic E-state index is 11.8. The summed E-state index contributed by atoms with van der Waals surface area (Å²) in [6, 6.07) is 12.2. The molecule has 2 aromatic carbocycles. The fourth-order valence-corrected chi connectivity index (χ4v) is 3.54. The molecule has 0 atom stereocenters. The highest BCUT2D eigenvalue weighted by Crippen LogP contribution is 2.37. The Kier molecular flexibility index (Phi) is 6.23. The minimum absolute atomic E-state index is 0.271. The number of fused-ring (bicyclic) bond motifs is 1. The molecule has 0 saturated carbocycles. The second-order valence-electron chi connectivity index (χ2n) is 7.01. The van der Waals surface area contributed by atoms with Gasteiger partial charge < -0.3 is 29.4 Å². The Labute approximate surface area is 195 Å². The average Bonchev–Trinajstić information content (AvgIpc) is 3.13. The van der Waals surface area contributed by atoms with Gasteiger partial charge in [-0.2, -0.15) is 0 Å². The maximum Gasteiger partial charge on any atom is 0.269 e. The minimum Gasteiger partial charge on any atom is -0.495 e. The number of aryl methyl sites for hydroxylation is 1. The minimum atomic E-state index is -0.287. The number of anilines is 2. The van der Waals surface area contributed by atoms with E-state index in [-0.39, 0.29) is 11.6 Å². The lowest BCUT2D eigenvalue weighted by Gasteiger charge is -2.13. The number of nitrogens with zero attached hydrogens (tertiary/aromatic N) is 3. The Hall–Kier alpha value is -3.98. The number of amides is 1. The molecule has 1 amide bonds. The SMILES string of the molecule is CNC(=O)c1cc(Oc2ccc3c(c2)nc(Nc2cc(Cl)c(OC)cc2OC)n3C)ccn1. The molecule has 170 valence electrons. The number of rotatable bonds is 7. The van der Waals surface area contributed by atoms with E-state index in [4.69, 9.17) is 25.8 Å². The predicted molar refractivity (Wildman–Crippen MR) is 126 cm³/mol. The second-order valence-corrected chi connectivity index (χ2v) is 7.42. The third-order valence-electron chi connectivity index (χ3n) is 5.00. The molecule has 33 heavy (non-hydrogen) atoms. The van der Waals surface area contributed by atoms with Crippen molar-refractivity contribution in [1.82, 2.24) is 19.9 Å². The third kappa shape index (κ3) is 4.49. The van der Waals surface area contributed by atoms with E-state index in [0.29, 0.717) is 39.7 Å². The number of nitrogens with one attached hydrogen (secondary N) is 2. The van der Waals surface area contributed by atoms with Gasteiger partial charge in [0.2, 0.25) is 5.95 Å². The van der Waals surface area contributed by atoms with Crippen molar-refractivity contribution in [2.24, 2.45) is 7.05 Å². The first-order valence-corrected chi connectivity index (χ1v) is 10.3. The number of benzene rings is 2. The largest absolute Gasteiger partial charge is 0.495 e. The number of halogens is 1. The summed E-state index contributed by atoms with van der Waals surface area (Å²) in [4.78, 5) is 20.5. The lowest BCUT2D eigenvalue weighted by Crippen LogP contribution is -2.18. The van der Waals surface area contributed by atoms with Crippen LogP contribution in [0.4, 0.5) is 11.6 Å². The molecule has 2 N–H and O–H groups in total. The lowest BCUT2D eigenvalue weighted by molar-refractivity contribution is 0.0958. The highest BCUT2D eigenvalue weighted by molar-refractivity contribution is 6.32. The van der Waals surface area contributed by atoms with Crippen LogP contribution in [0.1, 0.15) is 10.5 Å². The number of ether oxygens (including phenoxy) is 3. The summed E-state index contributed by atoms with van der Waals surface area (Å²) in [7, 11) is 6.56. The molecule has 0 fully saturated rings. The van der Waals surface area contributed by atoms with Crippen LogP contribution < -0.4 is 24.8 Å². The standard InChI is InChI=1S/C23H22ClN5O4/c1-25-22(30)18-10-14(7-8-26-18)33-13-5-6-19-16(9-13)27-23(29(19)2)28-17-11-15(24)20(31-3)12-21(17)32-4/h5-12H,1-4H3,(H,25,30)(H,27,28). The number of aromatic nitrogens is 3. The van der Waals surface area contributed by atoms with Crippen molar-refractivity contribution in [2.75, 3.05) is 26.6 Å². The van der Waals surface area contributed by atoms with Gasteiger partial charge in [-0.1, -0.05) is 11.6 Å².